The lowest BCUT2D eigenvalue weighted by Gasteiger charge is -2.13. The second-order valence-electron chi connectivity index (χ2n) is 3.91. The Balaban J connectivity index is 2.23. The summed E-state index contributed by atoms with van der Waals surface area (Å²) in [7, 11) is 0. The van der Waals surface area contributed by atoms with E-state index >= 15 is 0 Å². The second-order valence-corrected chi connectivity index (χ2v) is 5.22. The Hall–Kier alpha value is -0.220. The molecule has 0 saturated carbocycles. The van der Waals surface area contributed by atoms with Gasteiger partial charge in [0.1, 0.15) is 0 Å². The van der Waals surface area contributed by atoms with Gasteiger partial charge in [0.2, 0.25) is 5.91 Å². The van der Waals surface area contributed by atoms with E-state index in [1.165, 1.54) is 0 Å². The van der Waals surface area contributed by atoms with Crippen LogP contribution < -0.4 is 11.1 Å². The molecule has 0 aromatic rings. The molecule has 0 aromatic carbocycles. The molecule has 3 nitrogen and oxygen atoms in total. The van der Waals surface area contributed by atoms with Crippen molar-refractivity contribution in [3.63, 3.8) is 0 Å². The molecule has 1 amide bonds. The Bertz CT molecular complexity index is 185. The van der Waals surface area contributed by atoms with Crippen molar-refractivity contribution in [2.45, 2.75) is 43.9 Å². The standard InChI is InChI=1S/C10H20N2OS/c1-8(11)5-7-14-9-4-2-3-6-12-10(9)13/h8-9H,2-7,11H2,1H3,(H,12,13). The van der Waals surface area contributed by atoms with Crippen LogP contribution in [0.1, 0.15) is 32.6 Å². The first-order valence-corrected chi connectivity index (χ1v) is 6.40. The highest BCUT2D eigenvalue weighted by molar-refractivity contribution is 8.00. The van der Waals surface area contributed by atoms with Crippen LogP contribution in [-0.4, -0.2) is 29.5 Å². The molecule has 2 unspecified atom stereocenters. The van der Waals surface area contributed by atoms with E-state index in [1.54, 1.807) is 11.8 Å². The van der Waals surface area contributed by atoms with Gasteiger partial charge in [0, 0.05) is 12.6 Å². The SMILES string of the molecule is CC(N)CCSC1CCCCNC1=O. The smallest absolute Gasteiger partial charge is 0.233 e. The summed E-state index contributed by atoms with van der Waals surface area (Å²) in [6.07, 6.45) is 4.30. The number of rotatable bonds is 4. The van der Waals surface area contributed by atoms with Gasteiger partial charge >= 0.3 is 0 Å². The van der Waals surface area contributed by atoms with Gasteiger partial charge in [-0.25, -0.2) is 0 Å². The van der Waals surface area contributed by atoms with Crippen LogP contribution in [0.4, 0.5) is 0 Å². The zero-order chi connectivity index (χ0) is 10.4. The first-order valence-electron chi connectivity index (χ1n) is 5.35. The molecule has 0 radical (unpaired) electrons. The molecule has 2 atom stereocenters. The van der Waals surface area contributed by atoms with Crippen LogP contribution in [0.3, 0.4) is 0 Å². The molecule has 1 aliphatic heterocycles. The maximum atomic E-state index is 11.5. The number of hydrogen-bond donors (Lipinski definition) is 2. The lowest BCUT2D eigenvalue weighted by molar-refractivity contribution is -0.120. The molecule has 0 aliphatic carbocycles. The fraction of sp³-hybridized carbons (Fsp3) is 0.900. The van der Waals surface area contributed by atoms with Gasteiger partial charge in [0.05, 0.1) is 5.25 Å². The monoisotopic (exact) mass is 216 g/mol. The van der Waals surface area contributed by atoms with E-state index < -0.39 is 0 Å². The highest BCUT2D eigenvalue weighted by atomic mass is 32.2. The number of carbonyl (C=O) groups is 1. The van der Waals surface area contributed by atoms with Crippen molar-refractivity contribution in [1.82, 2.24) is 5.32 Å². The van der Waals surface area contributed by atoms with Crippen molar-refractivity contribution in [2.24, 2.45) is 5.73 Å². The van der Waals surface area contributed by atoms with Crippen molar-refractivity contribution < 1.29 is 4.79 Å². The van der Waals surface area contributed by atoms with Crippen molar-refractivity contribution in [3.05, 3.63) is 0 Å². The van der Waals surface area contributed by atoms with Crippen LogP contribution >= 0.6 is 11.8 Å². The third kappa shape index (κ3) is 4.33. The second kappa shape index (κ2) is 6.30. The number of thioether (sulfide) groups is 1. The molecule has 1 rings (SSSR count). The predicted molar refractivity (Wildman–Crippen MR) is 61.4 cm³/mol. The average molecular weight is 216 g/mol. The van der Waals surface area contributed by atoms with E-state index in [0.717, 1.165) is 38.0 Å². The summed E-state index contributed by atoms with van der Waals surface area (Å²) in [5.74, 6) is 1.22. The van der Waals surface area contributed by atoms with E-state index in [2.05, 4.69) is 5.32 Å². The summed E-state index contributed by atoms with van der Waals surface area (Å²) in [6.45, 7) is 2.86. The van der Waals surface area contributed by atoms with Gasteiger partial charge in [-0.2, -0.15) is 0 Å². The zero-order valence-electron chi connectivity index (χ0n) is 8.79. The van der Waals surface area contributed by atoms with Gasteiger partial charge in [-0.15, -0.1) is 11.8 Å². The lowest BCUT2D eigenvalue weighted by atomic mass is 10.2. The molecule has 82 valence electrons. The van der Waals surface area contributed by atoms with Crippen LogP contribution in [-0.2, 0) is 4.79 Å². The van der Waals surface area contributed by atoms with Gasteiger partial charge in [-0.3, -0.25) is 4.79 Å². The highest BCUT2D eigenvalue weighted by Crippen LogP contribution is 2.20. The molecule has 1 heterocycles. The van der Waals surface area contributed by atoms with Crippen molar-refractivity contribution in [3.8, 4) is 0 Å². The minimum atomic E-state index is 0.163. The zero-order valence-corrected chi connectivity index (χ0v) is 9.61. The normalized spacial score (nSPS) is 25.3. The molecule has 0 aromatic heterocycles. The van der Waals surface area contributed by atoms with Gasteiger partial charge in [0.25, 0.3) is 0 Å². The van der Waals surface area contributed by atoms with Crippen LogP contribution in [0.15, 0.2) is 0 Å². The van der Waals surface area contributed by atoms with Crippen LogP contribution in [0.25, 0.3) is 0 Å². The Kier molecular flexibility index (Phi) is 5.33. The predicted octanol–water partition coefficient (Wildman–Crippen LogP) is 1.13. The maximum absolute atomic E-state index is 11.5. The summed E-state index contributed by atoms with van der Waals surface area (Å²) in [6, 6.07) is 0.247. The minimum Gasteiger partial charge on any atom is -0.355 e. The average Bonchev–Trinajstić information content (AvgIpc) is 2.31. The topological polar surface area (TPSA) is 55.1 Å². The number of amides is 1. The van der Waals surface area contributed by atoms with Crippen LogP contribution in [0, 0.1) is 0 Å². The van der Waals surface area contributed by atoms with Gasteiger partial charge in [-0.1, -0.05) is 6.42 Å². The number of carbonyl (C=O) groups excluding carboxylic acids is 1. The Morgan fingerprint density at radius 1 is 1.64 bits per heavy atom. The fourth-order valence-corrected chi connectivity index (χ4v) is 2.83. The van der Waals surface area contributed by atoms with Gasteiger partial charge < -0.3 is 11.1 Å². The van der Waals surface area contributed by atoms with E-state index in [-0.39, 0.29) is 17.2 Å². The maximum Gasteiger partial charge on any atom is 0.233 e. The number of nitrogens with two attached hydrogens (primary N) is 1. The Morgan fingerprint density at radius 2 is 2.43 bits per heavy atom. The minimum absolute atomic E-state index is 0.163. The molecule has 0 spiro atoms. The Morgan fingerprint density at radius 3 is 3.14 bits per heavy atom. The fourth-order valence-electron chi connectivity index (χ4n) is 1.47. The van der Waals surface area contributed by atoms with Crippen molar-refractivity contribution in [1.29, 1.82) is 0 Å². The molecular formula is C10H20N2OS. The van der Waals surface area contributed by atoms with Crippen LogP contribution in [0.5, 0.6) is 0 Å². The summed E-state index contributed by atoms with van der Waals surface area (Å²) >= 11 is 1.76. The molecule has 3 N–H and O–H groups in total. The summed E-state index contributed by atoms with van der Waals surface area (Å²) in [5.41, 5.74) is 5.66. The van der Waals surface area contributed by atoms with E-state index in [1.807, 2.05) is 6.92 Å². The van der Waals surface area contributed by atoms with Gasteiger partial charge in [-0.05, 0) is 31.9 Å². The summed E-state index contributed by atoms with van der Waals surface area (Å²) in [5, 5.41) is 3.10. The molecule has 1 saturated heterocycles. The summed E-state index contributed by atoms with van der Waals surface area (Å²) < 4.78 is 0. The summed E-state index contributed by atoms with van der Waals surface area (Å²) in [4.78, 5) is 11.5. The first-order chi connectivity index (χ1) is 6.70. The number of hydrogen-bond acceptors (Lipinski definition) is 3. The quantitative estimate of drug-likeness (QED) is 0.740. The molecule has 14 heavy (non-hydrogen) atoms. The molecule has 4 heteroatoms. The lowest BCUT2D eigenvalue weighted by Crippen LogP contribution is -2.31. The van der Waals surface area contributed by atoms with Crippen molar-refractivity contribution in [2.75, 3.05) is 12.3 Å². The van der Waals surface area contributed by atoms with Crippen LogP contribution in [0.2, 0.25) is 0 Å². The molecular weight excluding hydrogens is 196 g/mol. The highest BCUT2D eigenvalue weighted by Gasteiger charge is 2.20. The first kappa shape index (κ1) is 11.9. The van der Waals surface area contributed by atoms with Crippen molar-refractivity contribution >= 4 is 17.7 Å². The van der Waals surface area contributed by atoms with E-state index in [0.29, 0.717) is 0 Å². The third-order valence-corrected chi connectivity index (χ3v) is 3.70. The molecule has 1 fully saturated rings. The van der Waals surface area contributed by atoms with E-state index in [4.69, 9.17) is 5.73 Å². The molecule has 1 aliphatic rings. The van der Waals surface area contributed by atoms with Gasteiger partial charge in [0.15, 0.2) is 0 Å². The number of nitrogens with one attached hydrogen (secondary N) is 1. The third-order valence-electron chi connectivity index (χ3n) is 2.38. The molecule has 0 bridgehead atoms. The van der Waals surface area contributed by atoms with E-state index in [9.17, 15) is 4.79 Å². The Labute approximate surface area is 90.2 Å². The largest absolute Gasteiger partial charge is 0.355 e.